The van der Waals surface area contributed by atoms with Gasteiger partial charge in [-0.3, -0.25) is 14.3 Å². The number of fused-ring (bicyclic) bond motifs is 2. The van der Waals surface area contributed by atoms with Gasteiger partial charge in [0.05, 0.1) is 35.6 Å². The van der Waals surface area contributed by atoms with Gasteiger partial charge in [-0.1, -0.05) is 113 Å². The molecule has 0 bridgehead atoms. The molecule has 0 spiro atoms. The third-order valence-corrected chi connectivity index (χ3v) is 18.7. The fourth-order valence-corrected chi connectivity index (χ4v) is 10.5. The minimum absolute atomic E-state index is 0.0185. The number of carbonyl (C=O) groups excluding carboxylic acids is 1. The number of H-pyrrole nitrogens is 1. The summed E-state index contributed by atoms with van der Waals surface area (Å²) in [6.45, 7) is 12.2. The van der Waals surface area contributed by atoms with Crippen molar-refractivity contribution in [1.29, 1.82) is 0 Å². The molecule has 0 unspecified atom stereocenters. The van der Waals surface area contributed by atoms with E-state index in [1.807, 2.05) is 78.9 Å². The number of aromatic amines is 1. The summed E-state index contributed by atoms with van der Waals surface area (Å²) in [6, 6.07) is 33.1. The lowest BCUT2D eigenvalue weighted by atomic mass is 9.92. The van der Waals surface area contributed by atoms with Gasteiger partial charge in [0.25, 0.3) is 0 Å². The van der Waals surface area contributed by atoms with E-state index in [0.29, 0.717) is 65.2 Å². The first-order valence-corrected chi connectivity index (χ1v) is 28.0. The molecule has 5 aromatic carbocycles. The summed E-state index contributed by atoms with van der Waals surface area (Å²) in [6.07, 6.45) is 7.10. The van der Waals surface area contributed by atoms with Crippen molar-refractivity contribution in [2.75, 3.05) is 24.0 Å². The zero-order valence-electron chi connectivity index (χ0n) is 42.8. The van der Waals surface area contributed by atoms with E-state index in [1.165, 1.54) is 6.07 Å². The van der Waals surface area contributed by atoms with Crippen LogP contribution in [-0.4, -0.2) is 60.0 Å². The van der Waals surface area contributed by atoms with E-state index in [9.17, 15) is 24.3 Å². The maximum absolute atomic E-state index is 14.3. The smallest absolute Gasteiger partial charge is 0.438 e. The van der Waals surface area contributed by atoms with Gasteiger partial charge >= 0.3 is 17.9 Å². The number of allylic oxidation sites excluding steroid dienone is 1. The van der Waals surface area contributed by atoms with Crippen LogP contribution in [0.1, 0.15) is 87.7 Å². The van der Waals surface area contributed by atoms with Crippen LogP contribution in [0.25, 0.3) is 39.2 Å². The van der Waals surface area contributed by atoms with Gasteiger partial charge in [0, 0.05) is 60.9 Å². The number of methoxy groups -OCH3 is 1. The standard InChI is InChI=1S/C57H66N6O10Si/c1-57(2,3)74(5,6)73-51(44-26-28-48(64)53-45(44)27-29-52(65)60-53)36-58-35-40-32-50-47(33-49(40)70-4)62(55(68)71-50)30-14-13-15-37-22-25-43(39-16-9-7-10-17-39)46(31-37)63(42-18-11-8-12-19-42)56(69)72-61-41-23-20-38(21-24-41)34-59-54(66)67/h7,9-10,13,15-17,20-29,31-33,42,51,58-59,61,64H,8,11-12,14,18-19,30,34-36H2,1-6H3,(H,60,65)(H,66,67)/b15-13+/t51-/m0/s1. The lowest BCUT2D eigenvalue weighted by Gasteiger charge is -2.39. The lowest BCUT2D eigenvalue weighted by Crippen LogP contribution is -2.43. The number of oxazole rings is 1. The SMILES string of the molecule is COc1cc2c(cc1CNC[C@H](O[Si](C)(C)C(C)(C)C)c1ccc(O)c3[nH]c(=O)ccc13)oc(=O)n2CC/C=C/c1ccc(-c2ccccc2)c(N(C(=O)ONc2ccc(CNC(=O)O)cc2)C2CCCCC2)c1. The van der Waals surface area contributed by atoms with Crippen LogP contribution in [0.15, 0.2) is 129 Å². The number of anilines is 2. The average molecular weight is 1020 g/mol. The van der Waals surface area contributed by atoms with Crippen molar-refractivity contribution < 1.29 is 38.2 Å². The highest BCUT2D eigenvalue weighted by atomic mass is 28.4. The van der Waals surface area contributed by atoms with E-state index < -0.39 is 32.4 Å². The van der Waals surface area contributed by atoms with Gasteiger partial charge in [0.1, 0.15) is 11.5 Å². The Morgan fingerprint density at radius 2 is 1.69 bits per heavy atom. The number of phenolic OH excluding ortho intramolecular Hbond substituents is 1. The van der Waals surface area contributed by atoms with Crippen LogP contribution in [0.3, 0.4) is 0 Å². The zero-order valence-corrected chi connectivity index (χ0v) is 43.8. The van der Waals surface area contributed by atoms with E-state index in [-0.39, 0.29) is 28.9 Å². The molecule has 1 fully saturated rings. The summed E-state index contributed by atoms with van der Waals surface area (Å²) in [7, 11) is -0.731. The molecule has 0 aliphatic heterocycles. The largest absolute Gasteiger partial charge is 0.506 e. The molecule has 2 amide bonds. The van der Waals surface area contributed by atoms with Crippen molar-refractivity contribution >= 4 is 60.0 Å². The molecule has 2 heterocycles. The number of aryl methyl sites for hydroxylation is 1. The molecule has 16 nitrogen and oxygen atoms in total. The van der Waals surface area contributed by atoms with E-state index in [4.69, 9.17) is 23.5 Å². The van der Waals surface area contributed by atoms with E-state index >= 15 is 0 Å². The van der Waals surface area contributed by atoms with Crippen molar-refractivity contribution in [3.05, 3.63) is 158 Å². The third-order valence-electron chi connectivity index (χ3n) is 14.2. The van der Waals surface area contributed by atoms with Crippen LogP contribution in [-0.2, 0) is 28.9 Å². The second kappa shape index (κ2) is 23.1. The average Bonchev–Trinajstić information content (AvgIpc) is 3.69. The normalized spacial score (nSPS) is 13.8. The summed E-state index contributed by atoms with van der Waals surface area (Å²) in [4.78, 5) is 61.3. The molecule has 6 N–H and O–H groups in total. The molecule has 1 aliphatic rings. The van der Waals surface area contributed by atoms with Crippen molar-refractivity contribution in [3.8, 4) is 22.6 Å². The van der Waals surface area contributed by atoms with Gasteiger partial charge < -0.3 is 44.2 Å². The Morgan fingerprint density at radius 1 is 0.932 bits per heavy atom. The molecule has 2 aromatic heterocycles. The number of hydrogen-bond donors (Lipinski definition) is 6. The monoisotopic (exact) mass is 1020 g/mol. The first-order valence-electron chi connectivity index (χ1n) is 25.1. The number of carbonyl (C=O) groups is 2. The van der Waals surface area contributed by atoms with Crippen LogP contribution >= 0.6 is 0 Å². The maximum Gasteiger partial charge on any atom is 0.438 e. The Hall–Kier alpha value is -7.60. The molecule has 0 radical (unpaired) electrons. The maximum atomic E-state index is 14.3. The van der Waals surface area contributed by atoms with Crippen LogP contribution in [0, 0.1) is 0 Å². The Kier molecular flexibility index (Phi) is 16.4. The Balaban J connectivity index is 0.995. The fourth-order valence-electron chi connectivity index (χ4n) is 9.24. The van der Waals surface area contributed by atoms with Gasteiger partial charge in [0.2, 0.25) is 5.56 Å². The number of phenols is 1. The van der Waals surface area contributed by atoms with Crippen LogP contribution in [0.2, 0.25) is 18.1 Å². The van der Waals surface area contributed by atoms with Crippen LogP contribution in [0.5, 0.6) is 11.5 Å². The van der Waals surface area contributed by atoms with Crippen LogP contribution in [0.4, 0.5) is 21.0 Å². The fraction of sp³-hybridized carbons (Fsp3) is 0.333. The zero-order chi connectivity index (χ0) is 52.6. The van der Waals surface area contributed by atoms with Gasteiger partial charge in [-0.25, -0.2) is 19.9 Å². The Bertz CT molecular complexity index is 3250. The number of benzene rings is 5. The number of aromatic nitrogens is 2. The minimum Gasteiger partial charge on any atom is -0.506 e. The number of aromatic hydroxyl groups is 1. The highest BCUT2D eigenvalue weighted by Crippen LogP contribution is 2.42. The number of ether oxygens (including phenoxy) is 1. The number of nitrogens with one attached hydrogen (secondary N) is 4. The Labute approximate surface area is 431 Å². The topological polar surface area (TPSA) is 210 Å². The number of nitrogens with zero attached hydrogens (tertiary/aromatic N) is 2. The summed E-state index contributed by atoms with van der Waals surface area (Å²) < 4.78 is 20.3. The number of pyridine rings is 1. The van der Waals surface area contributed by atoms with Gasteiger partial charge in [-0.2, -0.15) is 0 Å². The van der Waals surface area contributed by atoms with Gasteiger partial charge in [-0.05, 0) is 96.0 Å². The molecule has 1 saturated carbocycles. The predicted molar refractivity (Wildman–Crippen MR) is 292 cm³/mol. The molecule has 1 atom stereocenters. The number of amides is 2. The summed E-state index contributed by atoms with van der Waals surface area (Å²) >= 11 is 0. The summed E-state index contributed by atoms with van der Waals surface area (Å²) in [5, 5.41) is 26.1. The minimum atomic E-state index is -2.32. The molecule has 7 aromatic rings. The van der Waals surface area contributed by atoms with Crippen LogP contribution < -0.4 is 37.1 Å². The second-order valence-corrected chi connectivity index (χ2v) is 25.0. The van der Waals surface area contributed by atoms with E-state index in [0.717, 1.165) is 65.5 Å². The highest BCUT2D eigenvalue weighted by Gasteiger charge is 2.40. The van der Waals surface area contributed by atoms with Crippen molar-refractivity contribution in [3.63, 3.8) is 0 Å². The van der Waals surface area contributed by atoms with E-state index in [2.05, 4.69) is 55.0 Å². The van der Waals surface area contributed by atoms with Crippen molar-refractivity contribution in [2.45, 2.75) is 109 Å². The molecule has 1 aliphatic carbocycles. The lowest BCUT2D eigenvalue weighted by molar-refractivity contribution is 0.172. The van der Waals surface area contributed by atoms with Gasteiger partial charge in [0.15, 0.2) is 13.9 Å². The van der Waals surface area contributed by atoms with Crippen molar-refractivity contribution in [2.24, 2.45) is 0 Å². The van der Waals surface area contributed by atoms with Gasteiger partial charge in [-0.15, -0.1) is 0 Å². The summed E-state index contributed by atoms with van der Waals surface area (Å²) in [5.41, 5.74) is 10.2. The number of hydrogen-bond acceptors (Lipinski definition) is 11. The third kappa shape index (κ3) is 12.4. The number of carboxylic acid groups (broad SMARTS) is 1. The first kappa shape index (κ1) is 52.7. The highest BCUT2D eigenvalue weighted by molar-refractivity contribution is 6.74. The molecular formula is C57H66N6O10Si. The molecule has 0 saturated heterocycles. The molecule has 17 heteroatoms. The van der Waals surface area contributed by atoms with E-state index in [1.54, 1.807) is 53.0 Å². The quantitative estimate of drug-likeness (QED) is 0.0330. The molecule has 8 rings (SSSR count). The molecule has 74 heavy (non-hydrogen) atoms. The second-order valence-electron chi connectivity index (χ2n) is 20.3. The summed E-state index contributed by atoms with van der Waals surface area (Å²) in [5.74, 6) is 0.0712. The first-order chi connectivity index (χ1) is 35.5. The predicted octanol–water partition coefficient (Wildman–Crippen LogP) is 11.8. The Morgan fingerprint density at radius 3 is 2.41 bits per heavy atom. The molecule has 388 valence electrons. The molecular weight excluding hydrogens is 957 g/mol. The van der Waals surface area contributed by atoms with Crippen molar-refractivity contribution in [1.82, 2.24) is 20.2 Å². The number of rotatable bonds is 19.